The Kier molecular flexibility index (Phi) is 7.53. The molecule has 0 aliphatic rings. The third-order valence-electron chi connectivity index (χ3n) is 5.41. The second-order valence-electron chi connectivity index (χ2n) is 8.32. The highest BCUT2D eigenvalue weighted by Gasteiger charge is 2.13. The van der Waals surface area contributed by atoms with Crippen LogP contribution in [0.4, 0.5) is 5.69 Å². The topological polar surface area (TPSA) is 80.3 Å². The van der Waals surface area contributed by atoms with E-state index in [2.05, 4.69) is 15.6 Å². The summed E-state index contributed by atoms with van der Waals surface area (Å²) in [6, 6.07) is 19.6. The number of furan rings is 1. The first-order chi connectivity index (χ1) is 18.2. The number of carbonyl (C=O) groups excluding carboxylic acids is 1. The highest BCUT2D eigenvalue weighted by molar-refractivity contribution is 7.80. The molecular weight excluding hydrogens is 565 g/mol. The van der Waals surface area contributed by atoms with Crippen molar-refractivity contribution < 1.29 is 13.6 Å². The van der Waals surface area contributed by atoms with Crippen LogP contribution < -0.4 is 10.6 Å². The monoisotopic (exact) mass is 581 g/mol. The van der Waals surface area contributed by atoms with E-state index >= 15 is 0 Å². The van der Waals surface area contributed by atoms with Crippen LogP contribution in [-0.4, -0.2) is 16.0 Å². The van der Waals surface area contributed by atoms with Crippen molar-refractivity contribution in [2.45, 2.75) is 6.92 Å². The Bertz CT molecular complexity index is 1700. The zero-order valence-corrected chi connectivity index (χ0v) is 22.8. The van der Waals surface area contributed by atoms with E-state index in [0.717, 1.165) is 11.1 Å². The summed E-state index contributed by atoms with van der Waals surface area (Å²) >= 11 is 23.8. The van der Waals surface area contributed by atoms with Gasteiger partial charge in [0.15, 0.2) is 10.7 Å². The molecule has 5 rings (SSSR count). The molecule has 6 nitrogen and oxygen atoms in total. The Morgan fingerprint density at radius 1 is 0.947 bits per heavy atom. The average molecular weight is 583 g/mol. The fourth-order valence-electron chi connectivity index (χ4n) is 3.68. The first kappa shape index (κ1) is 26.0. The van der Waals surface area contributed by atoms with E-state index in [4.69, 9.17) is 55.9 Å². The van der Waals surface area contributed by atoms with Gasteiger partial charge in [0.25, 0.3) is 0 Å². The smallest absolute Gasteiger partial charge is 0.250 e. The molecular formula is C28H18Cl3N3O3S. The number of halogens is 3. The Morgan fingerprint density at radius 2 is 1.74 bits per heavy atom. The number of rotatable bonds is 5. The lowest BCUT2D eigenvalue weighted by Crippen LogP contribution is -2.32. The largest absolute Gasteiger partial charge is 0.457 e. The van der Waals surface area contributed by atoms with Crippen LogP contribution in [0.2, 0.25) is 15.1 Å². The van der Waals surface area contributed by atoms with Crippen molar-refractivity contribution in [3.8, 4) is 22.8 Å². The molecule has 190 valence electrons. The molecule has 0 saturated carbocycles. The molecule has 10 heteroatoms. The summed E-state index contributed by atoms with van der Waals surface area (Å²) in [4.78, 5) is 16.9. The number of fused-ring (bicyclic) bond motifs is 1. The lowest BCUT2D eigenvalue weighted by atomic mass is 10.1. The predicted octanol–water partition coefficient (Wildman–Crippen LogP) is 8.55. The molecule has 0 fully saturated rings. The number of aromatic nitrogens is 1. The van der Waals surface area contributed by atoms with E-state index < -0.39 is 5.91 Å². The zero-order valence-electron chi connectivity index (χ0n) is 19.7. The van der Waals surface area contributed by atoms with Crippen molar-refractivity contribution in [2.75, 3.05) is 5.32 Å². The van der Waals surface area contributed by atoms with Gasteiger partial charge in [-0.15, -0.1) is 0 Å². The lowest BCUT2D eigenvalue weighted by molar-refractivity contribution is -0.115. The van der Waals surface area contributed by atoms with Crippen LogP contribution >= 0.6 is 47.0 Å². The number of anilines is 1. The van der Waals surface area contributed by atoms with Crippen molar-refractivity contribution in [2.24, 2.45) is 0 Å². The minimum absolute atomic E-state index is 0.123. The highest BCUT2D eigenvalue weighted by Crippen LogP contribution is 2.32. The Hall–Kier alpha value is -3.62. The SMILES string of the molecule is Cc1ccc(-c2nc3cc(NC(=S)NC(=O)/C=C/c4ccc(-c5cc(Cl)cc(Cl)c5)o4)ccc3o2)c(Cl)c1. The second-order valence-corrected chi connectivity index (χ2v) is 10.0. The van der Waals surface area contributed by atoms with E-state index in [1.165, 1.54) is 12.2 Å². The second kappa shape index (κ2) is 11.0. The number of hydrogen-bond donors (Lipinski definition) is 2. The molecule has 38 heavy (non-hydrogen) atoms. The summed E-state index contributed by atoms with van der Waals surface area (Å²) in [6.07, 6.45) is 2.85. The van der Waals surface area contributed by atoms with Gasteiger partial charge in [-0.2, -0.15) is 0 Å². The van der Waals surface area contributed by atoms with Gasteiger partial charge >= 0.3 is 0 Å². The number of hydrogen-bond acceptors (Lipinski definition) is 5. The number of nitrogens with zero attached hydrogens (tertiary/aromatic N) is 1. The molecule has 0 radical (unpaired) electrons. The van der Waals surface area contributed by atoms with E-state index in [9.17, 15) is 4.79 Å². The van der Waals surface area contributed by atoms with Crippen molar-refractivity contribution >= 4 is 80.9 Å². The predicted molar refractivity (Wildman–Crippen MR) is 157 cm³/mol. The van der Waals surface area contributed by atoms with Gasteiger partial charge in [-0.1, -0.05) is 40.9 Å². The summed E-state index contributed by atoms with van der Waals surface area (Å²) in [5.74, 6) is 1.04. The fraction of sp³-hybridized carbons (Fsp3) is 0.0357. The number of amides is 1. The van der Waals surface area contributed by atoms with Crippen LogP contribution in [0.25, 0.3) is 40.0 Å². The molecule has 2 N–H and O–H groups in total. The Morgan fingerprint density at radius 3 is 2.50 bits per heavy atom. The number of aryl methyl sites for hydroxylation is 1. The molecule has 0 bridgehead atoms. The van der Waals surface area contributed by atoms with Crippen LogP contribution in [-0.2, 0) is 4.79 Å². The fourth-order valence-corrected chi connectivity index (χ4v) is 4.74. The lowest BCUT2D eigenvalue weighted by Gasteiger charge is -2.07. The minimum atomic E-state index is -0.426. The average Bonchev–Trinajstić information content (AvgIpc) is 3.49. The van der Waals surface area contributed by atoms with Crippen molar-refractivity contribution in [1.82, 2.24) is 10.3 Å². The van der Waals surface area contributed by atoms with Gasteiger partial charge in [-0.05, 0) is 91.4 Å². The maximum absolute atomic E-state index is 12.4. The number of thiocarbonyl (C=S) groups is 1. The molecule has 3 aromatic carbocycles. The van der Waals surface area contributed by atoms with Crippen LogP contribution in [0.3, 0.4) is 0 Å². The van der Waals surface area contributed by atoms with E-state index in [-0.39, 0.29) is 5.11 Å². The zero-order chi connectivity index (χ0) is 26.8. The molecule has 0 aliphatic carbocycles. The van der Waals surface area contributed by atoms with Crippen LogP contribution in [0.1, 0.15) is 11.3 Å². The van der Waals surface area contributed by atoms with Crippen LogP contribution in [0.15, 0.2) is 81.6 Å². The standard InChI is InChI=1S/C28H18Cl3N3O3S/c1-15-2-6-21(22(31)10-15)27-33-23-14-19(3-7-25(23)37-27)32-28(38)34-26(35)9-5-20-4-8-24(36-20)16-11-17(29)13-18(30)12-16/h2-14H,1H3,(H2,32,34,35,38)/b9-5+. The number of benzene rings is 3. The van der Waals surface area contributed by atoms with Crippen LogP contribution in [0.5, 0.6) is 0 Å². The molecule has 2 aromatic heterocycles. The van der Waals surface area contributed by atoms with Crippen molar-refractivity contribution in [3.63, 3.8) is 0 Å². The maximum Gasteiger partial charge on any atom is 0.250 e. The van der Waals surface area contributed by atoms with Gasteiger partial charge < -0.3 is 14.2 Å². The molecule has 5 aromatic rings. The van der Waals surface area contributed by atoms with Crippen molar-refractivity contribution in [3.05, 3.63) is 99.2 Å². The van der Waals surface area contributed by atoms with Crippen molar-refractivity contribution in [1.29, 1.82) is 0 Å². The molecule has 1 amide bonds. The summed E-state index contributed by atoms with van der Waals surface area (Å²) in [5.41, 5.74) is 4.33. The number of carbonyl (C=O) groups is 1. The third kappa shape index (κ3) is 6.09. The normalized spacial score (nSPS) is 11.3. The Balaban J connectivity index is 1.21. The molecule has 2 heterocycles. The minimum Gasteiger partial charge on any atom is -0.457 e. The van der Waals surface area contributed by atoms with Gasteiger partial charge in [0.1, 0.15) is 17.0 Å². The summed E-state index contributed by atoms with van der Waals surface area (Å²) in [6.45, 7) is 1.96. The van der Waals surface area contributed by atoms with Gasteiger partial charge in [0, 0.05) is 27.4 Å². The van der Waals surface area contributed by atoms with Gasteiger partial charge in [-0.25, -0.2) is 4.98 Å². The Labute approximate surface area is 238 Å². The first-order valence-corrected chi connectivity index (χ1v) is 12.8. The summed E-state index contributed by atoms with van der Waals surface area (Å²) in [7, 11) is 0. The van der Waals surface area contributed by atoms with Gasteiger partial charge in [0.2, 0.25) is 11.8 Å². The number of oxazole rings is 1. The van der Waals surface area contributed by atoms with E-state index in [1.807, 2.05) is 25.1 Å². The maximum atomic E-state index is 12.4. The van der Waals surface area contributed by atoms with E-state index in [1.54, 1.807) is 48.5 Å². The molecule has 0 saturated heterocycles. The van der Waals surface area contributed by atoms with Crippen LogP contribution in [0, 0.1) is 6.92 Å². The molecule has 0 atom stereocenters. The molecule has 0 aliphatic heterocycles. The quantitative estimate of drug-likeness (QED) is 0.160. The third-order valence-corrected chi connectivity index (χ3v) is 6.36. The molecule has 0 unspecified atom stereocenters. The van der Waals surface area contributed by atoms with Gasteiger partial charge in [-0.3, -0.25) is 10.1 Å². The highest BCUT2D eigenvalue weighted by atomic mass is 35.5. The molecule has 0 spiro atoms. The summed E-state index contributed by atoms with van der Waals surface area (Å²) < 4.78 is 11.6. The summed E-state index contributed by atoms with van der Waals surface area (Å²) in [5, 5.41) is 7.26. The van der Waals surface area contributed by atoms with E-state index in [0.29, 0.717) is 54.8 Å². The first-order valence-electron chi connectivity index (χ1n) is 11.3. The number of nitrogens with one attached hydrogen (secondary N) is 2. The van der Waals surface area contributed by atoms with Gasteiger partial charge in [0.05, 0.1) is 10.6 Å².